The van der Waals surface area contributed by atoms with Crippen molar-refractivity contribution >= 4 is 11.8 Å². The number of furan rings is 1. The minimum Gasteiger partial charge on any atom is -0.452 e. The van der Waals surface area contributed by atoms with E-state index in [-0.39, 0.29) is 5.60 Å². The Morgan fingerprint density at radius 3 is 2.76 bits per heavy atom. The maximum absolute atomic E-state index is 5.92. The first-order valence-electron chi connectivity index (χ1n) is 6.02. The molecule has 0 aromatic carbocycles. The molecule has 0 amide bonds. The third-order valence-electron chi connectivity index (χ3n) is 3.32. The average Bonchev–Trinajstić information content (AvgIpc) is 2.87. The van der Waals surface area contributed by atoms with E-state index in [1.165, 1.54) is 19.3 Å². The van der Waals surface area contributed by atoms with E-state index in [1.807, 2.05) is 18.4 Å². The SMILES string of the molecule is C#CCOC1(c2ccc(SC)o2)CCCCC1. The van der Waals surface area contributed by atoms with Crippen LogP contribution < -0.4 is 0 Å². The van der Waals surface area contributed by atoms with Crippen molar-refractivity contribution in [2.75, 3.05) is 12.9 Å². The summed E-state index contributed by atoms with van der Waals surface area (Å²) < 4.78 is 11.8. The van der Waals surface area contributed by atoms with E-state index >= 15 is 0 Å². The van der Waals surface area contributed by atoms with Gasteiger partial charge in [-0.25, -0.2) is 0 Å². The molecule has 0 bridgehead atoms. The first kappa shape index (κ1) is 12.6. The van der Waals surface area contributed by atoms with Crippen molar-refractivity contribution < 1.29 is 9.15 Å². The van der Waals surface area contributed by atoms with Crippen LogP contribution in [0.3, 0.4) is 0 Å². The van der Waals surface area contributed by atoms with E-state index < -0.39 is 0 Å². The molecule has 1 fully saturated rings. The lowest BCUT2D eigenvalue weighted by Gasteiger charge is -2.34. The number of ether oxygens (including phenoxy) is 1. The molecule has 0 N–H and O–H groups in total. The smallest absolute Gasteiger partial charge is 0.160 e. The molecule has 1 aromatic rings. The third kappa shape index (κ3) is 2.70. The van der Waals surface area contributed by atoms with Gasteiger partial charge in [0.2, 0.25) is 0 Å². The van der Waals surface area contributed by atoms with Gasteiger partial charge in [-0.05, 0) is 31.2 Å². The third-order valence-corrected chi connectivity index (χ3v) is 3.95. The standard InChI is InChI=1S/C14H18O2S/c1-3-11-15-14(9-5-4-6-10-14)12-7-8-13(16-12)17-2/h1,7-8H,4-6,9-11H2,2H3. The maximum Gasteiger partial charge on any atom is 0.160 e. The van der Waals surface area contributed by atoms with E-state index in [0.29, 0.717) is 6.61 Å². The molecule has 2 nitrogen and oxygen atoms in total. The second-order valence-corrected chi connectivity index (χ2v) is 5.18. The highest BCUT2D eigenvalue weighted by atomic mass is 32.2. The molecule has 0 unspecified atom stereocenters. The Morgan fingerprint density at radius 1 is 1.41 bits per heavy atom. The Labute approximate surface area is 107 Å². The molecule has 92 valence electrons. The molecule has 0 atom stereocenters. The van der Waals surface area contributed by atoms with E-state index in [4.69, 9.17) is 15.6 Å². The number of rotatable bonds is 4. The van der Waals surface area contributed by atoms with Crippen molar-refractivity contribution in [3.63, 3.8) is 0 Å². The Bertz CT molecular complexity index is 397. The van der Waals surface area contributed by atoms with Crippen molar-refractivity contribution in [1.82, 2.24) is 0 Å². The Morgan fingerprint density at radius 2 is 2.18 bits per heavy atom. The summed E-state index contributed by atoms with van der Waals surface area (Å²) in [7, 11) is 0. The van der Waals surface area contributed by atoms with Gasteiger partial charge in [0.05, 0.1) is 0 Å². The zero-order chi connectivity index (χ0) is 12.1. The summed E-state index contributed by atoms with van der Waals surface area (Å²) in [5.74, 6) is 3.50. The van der Waals surface area contributed by atoms with Crippen LogP contribution in [0.5, 0.6) is 0 Å². The molecule has 0 spiro atoms. The number of terminal acetylenes is 1. The summed E-state index contributed by atoms with van der Waals surface area (Å²) in [5, 5.41) is 0.939. The van der Waals surface area contributed by atoms with Crippen LogP contribution in [0.2, 0.25) is 0 Å². The summed E-state index contributed by atoms with van der Waals surface area (Å²) in [6.07, 6.45) is 13.0. The topological polar surface area (TPSA) is 22.4 Å². The van der Waals surface area contributed by atoms with E-state index in [1.54, 1.807) is 11.8 Å². The quantitative estimate of drug-likeness (QED) is 0.599. The molecule has 0 aliphatic heterocycles. The first-order valence-corrected chi connectivity index (χ1v) is 7.25. The summed E-state index contributed by atoms with van der Waals surface area (Å²) in [6, 6.07) is 4.04. The molecule has 1 heterocycles. The maximum atomic E-state index is 5.92. The van der Waals surface area contributed by atoms with Crippen molar-refractivity contribution in [1.29, 1.82) is 0 Å². The molecule has 3 heteroatoms. The zero-order valence-corrected chi connectivity index (χ0v) is 11.0. The Kier molecular flexibility index (Phi) is 4.20. The van der Waals surface area contributed by atoms with Crippen molar-refractivity contribution in [2.24, 2.45) is 0 Å². The van der Waals surface area contributed by atoms with Crippen LogP contribution in [0.4, 0.5) is 0 Å². The van der Waals surface area contributed by atoms with Gasteiger partial charge in [0, 0.05) is 0 Å². The van der Waals surface area contributed by atoms with Crippen LogP contribution in [0.15, 0.2) is 21.6 Å². The molecule has 0 saturated heterocycles. The van der Waals surface area contributed by atoms with Gasteiger partial charge in [-0.3, -0.25) is 0 Å². The van der Waals surface area contributed by atoms with Gasteiger partial charge in [-0.15, -0.1) is 6.42 Å². The van der Waals surface area contributed by atoms with Crippen molar-refractivity contribution in [3.8, 4) is 12.3 Å². The van der Waals surface area contributed by atoms with E-state index in [2.05, 4.69) is 5.92 Å². The van der Waals surface area contributed by atoms with Gasteiger partial charge in [-0.2, -0.15) is 0 Å². The van der Waals surface area contributed by atoms with Gasteiger partial charge in [0.15, 0.2) is 5.09 Å². The molecule has 1 saturated carbocycles. The monoisotopic (exact) mass is 250 g/mol. The second kappa shape index (κ2) is 5.66. The van der Waals surface area contributed by atoms with Crippen LogP contribution in [0.1, 0.15) is 37.9 Å². The second-order valence-electron chi connectivity index (χ2n) is 4.37. The fourth-order valence-electron chi connectivity index (χ4n) is 2.44. The minimum atomic E-state index is -0.279. The highest BCUT2D eigenvalue weighted by Crippen LogP contribution is 2.41. The van der Waals surface area contributed by atoms with Crippen LogP contribution in [-0.2, 0) is 10.3 Å². The lowest BCUT2D eigenvalue weighted by molar-refractivity contribution is -0.0770. The summed E-state index contributed by atoms with van der Waals surface area (Å²) in [6.45, 7) is 0.356. The Hall–Kier alpha value is -0.850. The molecule has 1 aliphatic rings. The highest BCUT2D eigenvalue weighted by molar-refractivity contribution is 7.98. The molecule has 0 radical (unpaired) electrons. The van der Waals surface area contributed by atoms with Crippen LogP contribution in [0, 0.1) is 12.3 Å². The molecule has 1 aromatic heterocycles. The van der Waals surface area contributed by atoms with Gasteiger partial charge in [0.1, 0.15) is 18.0 Å². The van der Waals surface area contributed by atoms with Gasteiger partial charge in [0.25, 0.3) is 0 Å². The van der Waals surface area contributed by atoms with Crippen molar-refractivity contribution in [2.45, 2.75) is 42.8 Å². The largest absolute Gasteiger partial charge is 0.452 e. The number of thioether (sulfide) groups is 1. The predicted octanol–water partition coefficient (Wildman–Crippen LogP) is 3.81. The molecule has 17 heavy (non-hydrogen) atoms. The molecule has 2 rings (SSSR count). The number of hydrogen-bond donors (Lipinski definition) is 0. The predicted molar refractivity (Wildman–Crippen MR) is 70.0 cm³/mol. The fourth-order valence-corrected chi connectivity index (χ4v) is 2.82. The van der Waals surface area contributed by atoms with Gasteiger partial charge >= 0.3 is 0 Å². The molecular formula is C14H18O2S. The van der Waals surface area contributed by atoms with E-state index in [9.17, 15) is 0 Å². The van der Waals surface area contributed by atoms with Crippen LogP contribution in [-0.4, -0.2) is 12.9 Å². The summed E-state index contributed by atoms with van der Waals surface area (Å²) >= 11 is 1.61. The lowest BCUT2D eigenvalue weighted by Crippen LogP contribution is -2.32. The van der Waals surface area contributed by atoms with Gasteiger partial charge < -0.3 is 9.15 Å². The van der Waals surface area contributed by atoms with E-state index in [0.717, 1.165) is 23.7 Å². The molecule has 1 aliphatic carbocycles. The average molecular weight is 250 g/mol. The fraction of sp³-hybridized carbons (Fsp3) is 0.571. The molecular weight excluding hydrogens is 232 g/mol. The highest BCUT2D eigenvalue weighted by Gasteiger charge is 2.37. The van der Waals surface area contributed by atoms with Crippen molar-refractivity contribution in [3.05, 3.63) is 17.9 Å². The first-order chi connectivity index (χ1) is 8.30. The zero-order valence-electron chi connectivity index (χ0n) is 10.2. The van der Waals surface area contributed by atoms with Gasteiger partial charge in [-0.1, -0.05) is 36.9 Å². The summed E-state index contributed by atoms with van der Waals surface area (Å²) in [4.78, 5) is 0. The van der Waals surface area contributed by atoms with Crippen LogP contribution >= 0.6 is 11.8 Å². The number of hydrogen-bond acceptors (Lipinski definition) is 3. The Balaban J connectivity index is 2.22. The minimum absolute atomic E-state index is 0.279. The normalized spacial score (nSPS) is 18.8. The summed E-state index contributed by atoms with van der Waals surface area (Å²) in [5.41, 5.74) is -0.279. The van der Waals surface area contributed by atoms with Crippen LogP contribution in [0.25, 0.3) is 0 Å². The lowest BCUT2D eigenvalue weighted by atomic mass is 9.83.